The van der Waals surface area contributed by atoms with E-state index >= 15 is 0 Å². The van der Waals surface area contributed by atoms with Gasteiger partial charge in [0.1, 0.15) is 18.4 Å². The van der Waals surface area contributed by atoms with Crippen LogP contribution in [-0.4, -0.2) is 56.2 Å². The van der Waals surface area contributed by atoms with Gasteiger partial charge >= 0.3 is 0 Å². The second-order valence-electron chi connectivity index (χ2n) is 10.5. The van der Waals surface area contributed by atoms with Crippen molar-refractivity contribution in [2.24, 2.45) is 0 Å². The van der Waals surface area contributed by atoms with Gasteiger partial charge in [0.2, 0.25) is 15.0 Å². The Balaban J connectivity index is 2.14. The molecule has 11 heteroatoms. The summed E-state index contributed by atoms with van der Waals surface area (Å²) in [5.41, 5.74) is 3.52. The number of aromatic nitrogens is 4. The number of sulfone groups is 1. The van der Waals surface area contributed by atoms with Gasteiger partial charge in [-0.3, -0.25) is 0 Å². The molecule has 0 fully saturated rings. The molecule has 1 aromatic carbocycles. The van der Waals surface area contributed by atoms with Gasteiger partial charge < -0.3 is 13.7 Å². The fourth-order valence-corrected chi connectivity index (χ4v) is 11.5. The van der Waals surface area contributed by atoms with E-state index in [0.29, 0.717) is 58.1 Å². The lowest BCUT2D eigenvalue weighted by Crippen LogP contribution is -2.48. The number of hydrogen-bond acceptors (Lipinski definition) is 7. The van der Waals surface area contributed by atoms with Crippen molar-refractivity contribution in [2.45, 2.75) is 76.5 Å². The molecule has 0 saturated heterocycles. The maximum atomic E-state index is 13.7. The van der Waals surface area contributed by atoms with Gasteiger partial charge in [0.05, 0.1) is 17.1 Å². The zero-order valence-electron chi connectivity index (χ0n) is 23.5. The van der Waals surface area contributed by atoms with Crippen LogP contribution in [0.4, 0.5) is 4.39 Å². The summed E-state index contributed by atoms with van der Waals surface area (Å²) in [5.74, 6) is 0.346. The summed E-state index contributed by atoms with van der Waals surface area (Å²) in [7, 11) is -4.14. The molecular weight excluding hydrogens is 523 g/mol. The van der Waals surface area contributed by atoms with Crippen LogP contribution in [0, 0.1) is 5.82 Å². The lowest BCUT2D eigenvalue weighted by molar-refractivity contribution is 0.129. The third-order valence-corrected chi connectivity index (χ3v) is 14.0. The summed E-state index contributed by atoms with van der Waals surface area (Å²) >= 11 is 0. The monoisotopic (exact) mass is 562 g/mol. The van der Waals surface area contributed by atoms with E-state index in [1.807, 2.05) is 4.57 Å². The van der Waals surface area contributed by atoms with E-state index in [-0.39, 0.29) is 17.7 Å². The standard InChI is InChI=1S/C27H39FN4O4SSi/c1-18(2)38(19(3)4,20(5)6)36-16-14-24-31-25(21-9-11-22(28)12-10-21)26(32(24)17-35-7)23-13-15-29-27(30-23)37(8,33)34/h9-13,15,18-20H,14,16-17H2,1-8H3. The number of hydrogen-bond donors (Lipinski definition) is 0. The van der Waals surface area contributed by atoms with Crippen LogP contribution in [0.5, 0.6) is 0 Å². The molecule has 2 aromatic heterocycles. The third kappa shape index (κ3) is 6.22. The van der Waals surface area contributed by atoms with Gasteiger partial charge in [-0.05, 0) is 47.0 Å². The van der Waals surface area contributed by atoms with Gasteiger partial charge in [-0.1, -0.05) is 41.5 Å². The minimum atomic E-state index is -3.64. The fraction of sp³-hybridized carbons (Fsp3) is 0.519. The number of rotatable bonds is 12. The molecule has 0 bridgehead atoms. The van der Waals surface area contributed by atoms with Crippen LogP contribution in [0.2, 0.25) is 16.6 Å². The lowest BCUT2D eigenvalue weighted by atomic mass is 10.1. The van der Waals surface area contributed by atoms with Gasteiger partial charge in [-0.25, -0.2) is 27.8 Å². The molecule has 0 aliphatic rings. The normalized spacial score (nSPS) is 12.7. The Morgan fingerprint density at radius 2 is 1.58 bits per heavy atom. The third-order valence-electron chi connectivity index (χ3n) is 7.02. The molecule has 0 unspecified atom stereocenters. The topological polar surface area (TPSA) is 96.2 Å². The molecule has 0 N–H and O–H groups in total. The zero-order valence-corrected chi connectivity index (χ0v) is 25.3. The van der Waals surface area contributed by atoms with Crippen molar-refractivity contribution in [1.29, 1.82) is 0 Å². The van der Waals surface area contributed by atoms with Crippen LogP contribution < -0.4 is 0 Å². The number of methoxy groups -OCH3 is 1. The van der Waals surface area contributed by atoms with Crippen LogP contribution in [-0.2, 0) is 32.2 Å². The Hall–Kier alpha value is -2.47. The first kappa shape index (κ1) is 30.1. The molecule has 0 aliphatic heterocycles. The first-order valence-corrected chi connectivity index (χ1v) is 16.9. The molecule has 0 amide bonds. The molecule has 2 heterocycles. The van der Waals surface area contributed by atoms with E-state index in [2.05, 4.69) is 51.5 Å². The van der Waals surface area contributed by atoms with Crippen molar-refractivity contribution in [3.63, 3.8) is 0 Å². The highest BCUT2D eigenvalue weighted by molar-refractivity contribution is 7.90. The lowest BCUT2D eigenvalue weighted by Gasteiger charge is -2.42. The van der Waals surface area contributed by atoms with Crippen molar-refractivity contribution in [3.8, 4) is 22.6 Å². The SMILES string of the molecule is COCn1c(CCO[Si](C(C)C)(C(C)C)C(C)C)nc(-c2ccc(F)cc2)c1-c1ccnc(S(C)(=O)=O)n1. The van der Waals surface area contributed by atoms with Gasteiger partial charge in [-0.15, -0.1) is 0 Å². The van der Waals surface area contributed by atoms with Gasteiger partial charge in [0.25, 0.3) is 0 Å². The molecule has 3 aromatic rings. The summed E-state index contributed by atoms with van der Waals surface area (Å²) in [6, 6.07) is 7.66. The predicted molar refractivity (Wildman–Crippen MR) is 149 cm³/mol. The molecule has 0 radical (unpaired) electrons. The maximum Gasteiger partial charge on any atom is 0.247 e. The summed E-state index contributed by atoms with van der Waals surface area (Å²) in [6.45, 7) is 14.1. The van der Waals surface area contributed by atoms with E-state index < -0.39 is 18.2 Å². The summed E-state index contributed by atoms with van der Waals surface area (Å²) in [6.07, 6.45) is 2.99. The van der Waals surface area contributed by atoms with Crippen molar-refractivity contribution < 1.29 is 22.0 Å². The minimum absolute atomic E-state index is 0.165. The van der Waals surface area contributed by atoms with Gasteiger partial charge in [0.15, 0.2) is 8.32 Å². The van der Waals surface area contributed by atoms with Crippen molar-refractivity contribution in [1.82, 2.24) is 19.5 Å². The molecule has 0 aliphatic carbocycles. The van der Waals surface area contributed by atoms with Gasteiger partial charge in [0, 0.05) is 38.2 Å². The fourth-order valence-electron chi connectivity index (χ4n) is 5.50. The number of nitrogens with zero attached hydrogens (tertiary/aromatic N) is 4. The van der Waals surface area contributed by atoms with E-state index in [9.17, 15) is 12.8 Å². The molecule has 0 atom stereocenters. The van der Waals surface area contributed by atoms with E-state index in [1.54, 1.807) is 25.3 Å². The molecular formula is C27H39FN4O4SSi. The zero-order chi connectivity index (χ0) is 28.3. The van der Waals surface area contributed by atoms with Crippen molar-refractivity contribution in [2.75, 3.05) is 20.0 Å². The molecule has 8 nitrogen and oxygen atoms in total. The van der Waals surface area contributed by atoms with Gasteiger partial charge in [-0.2, -0.15) is 0 Å². The van der Waals surface area contributed by atoms with E-state index in [4.69, 9.17) is 14.1 Å². The smallest absolute Gasteiger partial charge is 0.247 e. The van der Waals surface area contributed by atoms with Crippen LogP contribution in [0.3, 0.4) is 0 Å². The van der Waals surface area contributed by atoms with E-state index in [1.165, 1.54) is 18.3 Å². The molecule has 38 heavy (non-hydrogen) atoms. The summed E-state index contributed by atoms with van der Waals surface area (Å²) in [4.78, 5) is 13.2. The highest BCUT2D eigenvalue weighted by Gasteiger charge is 2.45. The highest BCUT2D eigenvalue weighted by Crippen LogP contribution is 2.42. The second-order valence-corrected chi connectivity index (χ2v) is 17.9. The predicted octanol–water partition coefficient (Wildman–Crippen LogP) is 5.89. The number of ether oxygens (including phenoxy) is 1. The minimum Gasteiger partial charge on any atom is -0.416 e. The Morgan fingerprint density at radius 1 is 0.974 bits per heavy atom. The highest BCUT2D eigenvalue weighted by atomic mass is 32.2. The first-order chi connectivity index (χ1) is 17.8. The van der Waals surface area contributed by atoms with E-state index in [0.717, 1.165) is 6.26 Å². The Bertz CT molecular complexity index is 1320. The molecule has 3 rings (SSSR count). The average molecular weight is 563 g/mol. The number of halogens is 1. The van der Waals surface area contributed by atoms with Crippen LogP contribution in [0.25, 0.3) is 22.6 Å². The quantitative estimate of drug-likeness (QED) is 0.201. The average Bonchev–Trinajstić information content (AvgIpc) is 3.19. The molecule has 0 spiro atoms. The maximum absolute atomic E-state index is 13.7. The Morgan fingerprint density at radius 3 is 2.11 bits per heavy atom. The molecule has 208 valence electrons. The largest absolute Gasteiger partial charge is 0.416 e. The number of imidazole rings is 1. The van der Waals surface area contributed by atoms with Crippen molar-refractivity contribution >= 4 is 18.2 Å². The van der Waals surface area contributed by atoms with Crippen LogP contribution in [0.1, 0.15) is 47.4 Å². The Kier molecular flexibility index (Phi) is 9.61. The summed E-state index contributed by atoms with van der Waals surface area (Å²) in [5, 5.41) is -0.281. The first-order valence-electron chi connectivity index (χ1n) is 12.8. The second kappa shape index (κ2) is 12.1. The molecule has 0 saturated carbocycles. The number of benzene rings is 1. The Labute approximate surface area is 226 Å². The van der Waals surface area contributed by atoms with Crippen molar-refractivity contribution in [3.05, 3.63) is 48.2 Å². The van der Waals surface area contributed by atoms with Crippen LogP contribution in [0.15, 0.2) is 41.7 Å². The van der Waals surface area contributed by atoms with Crippen LogP contribution >= 0.6 is 0 Å². The summed E-state index contributed by atoms with van der Waals surface area (Å²) < 4.78 is 52.3.